The Morgan fingerprint density at radius 2 is 2.04 bits per heavy atom. The van der Waals surface area contributed by atoms with Gasteiger partial charge in [-0.2, -0.15) is 0 Å². The fourth-order valence-electron chi connectivity index (χ4n) is 2.99. The molecule has 2 aromatic rings. The zero-order valence-electron chi connectivity index (χ0n) is 12.8. The van der Waals surface area contributed by atoms with Crippen LogP contribution in [0.3, 0.4) is 0 Å². The van der Waals surface area contributed by atoms with E-state index < -0.39 is 0 Å². The van der Waals surface area contributed by atoms with Crippen LogP contribution in [0.15, 0.2) is 47.4 Å². The standard InChI is InChI=1S/C18H19FN2OS/c19-15-7-1-2-9-17(15)23-12-11-21-10-4-6-13-14(18(20)22)5-3-8-16(13)21/h1-3,5,7-9H,4,6,10-12H2,(H2,20,22). The lowest BCUT2D eigenvalue weighted by molar-refractivity contribution is 0.0999. The minimum Gasteiger partial charge on any atom is -0.370 e. The number of nitrogens with two attached hydrogens (primary N) is 1. The van der Waals surface area contributed by atoms with Gasteiger partial charge in [-0.25, -0.2) is 4.39 Å². The molecular formula is C18H19FN2OS. The largest absolute Gasteiger partial charge is 0.370 e. The molecule has 0 saturated carbocycles. The minimum atomic E-state index is -0.371. The maximum atomic E-state index is 13.7. The van der Waals surface area contributed by atoms with Crippen molar-refractivity contribution in [2.75, 3.05) is 23.7 Å². The van der Waals surface area contributed by atoms with Crippen molar-refractivity contribution >= 4 is 23.4 Å². The molecule has 3 nitrogen and oxygen atoms in total. The molecule has 1 amide bonds. The van der Waals surface area contributed by atoms with E-state index in [9.17, 15) is 9.18 Å². The maximum absolute atomic E-state index is 13.7. The summed E-state index contributed by atoms with van der Waals surface area (Å²) in [6, 6.07) is 12.5. The number of carbonyl (C=O) groups excluding carboxylic acids is 1. The van der Waals surface area contributed by atoms with E-state index >= 15 is 0 Å². The highest BCUT2D eigenvalue weighted by Gasteiger charge is 2.21. The summed E-state index contributed by atoms with van der Waals surface area (Å²) in [7, 11) is 0. The quantitative estimate of drug-likeness (QED) is 0.854. The van der Waals surface area contributed by atoms with Gasteiger partial charge >= 0.3 is 0 Å². The molecule has 0 atom stereocenters. The lowest BCUT2D eigenvalue weighted by Crippen LogP contribution is -2.32. The summed E-state index contributed by atoms with van der Waals surface area (Å²) >= 11 is 1.52. The van der Waals surface area contributed by atoms with Crippen molar-refractivity contribution in [3.8, 4) is 0 Å². The minimum absolute atomic E-state index is 0.174. The van der Waals surface area contributed by atoms with Gasteiger partial charge in [0, 0.05) is 35.0 Å². The van der Waals surface area contributed by atoms with E-state index in [1.165, 1.54) is 17.8 Å². The van der Waals surface area contributed by atoms with E-state index in [0.717, 1.165) is 42.9 Å². The normalized spacial score (nSPS) is 13.7. The van der Waals surface area contributed by atoms with Crippen LogP contribution in [-0.4, -0.2) is 24.7 Å². The summed E-state index contributed by atoms with van der Waals surface area (Å²) in [6.45, 7) is 1.77. The van der Waals surface area contributed by atoms with Crippen molar-refractivity contribution in [3.05, 3.63) is 59.4 Å². The molecule has 120 valence electrons. The summed E-state index contributed by atoms with van der Waals surface area (Å²) in [5, 5.41) is 0. The summed E-state index contributed by atoms with van der Waals surface area (Å²) in [5.74, 6) is 0.248. The summed E-state index contributed by atoms with van der Waals surface area (Å²) in [4.78, 5) is 14.5. The lowest BCUT2D eigenvalue weighted by atomic mass is 9.96. The zero-order valence-corrected chi connectivity index (χ0v) is 13.6. The van der Waals surface area contributed by atoms with Crippen LogP contribution in [0.2, 0.25) is 0 Å². The van der Waals surface area contributed by atoms with Crippen LogP contribution in [0.25, 0.3) is 0 Å². The van der Waals surface area contributed by atoms with Gasteiger partial charge in [-0.3, -0.25) is 4.79 Å². The SMILES string of the molecule is NC(=O)c1cccc2c1CCCN2CCSc1ccccc1F. The first kappa shape index (κ1) is 15.9. The molecule has 0 spiro atoms. The van der Waals surface area contributed by atoms with Gasteiger partial charge in [0.2, 0.25) is 5.91 Å². The number of rotatable bonds is 5. The van der Waals surface area contributed by atoms with Crippen LogP contribution in [0.1, 0.15) is 22.3 Å². The van der Waals surface area contributed by atoms with Crippen molar-refractivity contribution < 1.29 is 9.18 Å². The number of benzene rings is 2. The third kappa shape index (κ3) is 3.50. The Balaban J connectivity index is 1.70. The van der Waals surface area contributed by atoms with Gasteiger partial charge in [0.05, 0.1) is 0 Å². The van der Waals surface area contributed by atoms with Crippen molar-refractivity contribution in [1.82, 2.24) is 0 Å². The molecule has 2 aromatic carbocycles. The lowest BCUT2D eigenvalue weighted by Gasteiger charge is -2.32. The molecule has 0 radical (unpaired) electrons. The molecule has 1 heterocycles. The Hall–Kier alpha value is -2.01. The highest BCUT2D eigenvalue weighted by molar-refractivity contribution is 7.99. The fourth-order valence-corrected chi connectivity index (χ4v) is 3.90. The van der Waals surface area contributed by atoms with E-state index in [1.54, 1.807) is 18.2 Å². The predicted octanol–water partition coefficient (Wildman–Crippen LogP) is 3.47. The Kier molecular flexibility index (Phi) is 4.86. The van der Waals surface area contributed by atoms with Gasteiger partial charge in [0.15, 0.2) is 0 Å². The topological polar surface area (TPSA) is 46.3 Å². The molecule has 0 unspecified atom stereocenters. The molecule has 3 rings (SSSR count). The van der Waals surface area contributed by atoms with Gasteiger partial charge in [-0.15, -0.1) is 11.8 Å². The van der Waals surface area contributed by atoms with Crippen molar-refractivity contribution in [3.63, 3.8) is 0 Å². The number of hydrogen-bond donors (Lipinski definition) is 1. The van der Waals surface area contributed by atoms with Crippen LogP contribution >= 0.6 is 11.8 Å². The predicted molar refractivity (Wildman–Crippen MR) is 92.6 cm³/mol. The van der Waals surface area contributed by atoms with E-state index in [-0.39, 0.29) is 11.7 Å². The number of hydrogen-bond acceptors (Lipinski definition) is 3. The third-order valence-electron chi connectivity index (χ3n) is 4.07. The monoisotopic (exact) mass is 330 g/mol. The summed E-state index contributed by atoms with van der Waals surface area (Å²) < 4.78 is 13.7. The van der Waals surface area contributed by atoms with Crippen molar-refractivity contribution in [1.29, 1.82) is 0 Å². The molecule has 1 aliphatic rings. The van der Waals surface area contributed by atoms with E-state index in [2.05, 4.69) is 4.90 Å². The third-order valence-corrected chi connectivity index (χ3v) is 5.10. The Labute approximate surface area is 139 Å². The molecule has 0 aliphatic carbocycles. The highest BCUT2D eigenvalue weighted by atomic mass is 32.2. The number of halogens is 1. The van der Waals surface area contributed by atoms with Gasteiger partial charge in [-0.05, 0) is 42.7 Å². The average Bonchev–Trinajstić information content (AvgIpc) is 2.56. The number of thioether (sulfide) groups is 1. The highest BCUT2D eigenvalue weighted by Crippen LogP contribution is 2.30. The van der Waals surface area contributed by atoms with Gasteiger partial charge < -0.3 is 10.6 Å². The Bertz CT molecular complexity index is 720. The summed E-state index contributed by atoms with van der Waals surface area (Å²) in [6.07, 6.45) is 1.88. The first-order chi connectivity index (χ1) is 11.2. The Morgan fingerprint density at radius 1 is 1.22 bits per heavy atom. The number of fused-ring (bicyclic) bond motifs is 1. The Morgan fingerprint density at radius 3 is 2.83 bits per heavy atom. The molecule has 2 N–H and O–H groups in total. The molecule has 0 aromatic heterocycles. The van der Waals surface area contributed by atoms with E-state index in [4.69, 9.17) is 5.73 Å². The number of anilines is 1. The van der Waals surface area contributed by atoms with Crippen LogP contribution < -0.4 is 10.6 Å². The first-order valence-corrected chi connectivity index (χ1v) is 8.69. The molecule has 0 bridgehead atoms. The zero-order chi connectivity index (χ0) is 16.2. The first-order valence-electron chi connectivity index (χ1n) is 7.71. The second-order valence-electron chi connectivity index (χ2n) is 5.54. The van der Waals surface area contributed by atoms with E-state index in [1.807, 2.05) is 18.2 Å². The van der Waals surface area contributed by atoms with Crippen LogP contribution in [0, 0.1) is 5.82 Å². The second kappa shape index (κ2) is 7.04. The number of amides is 1. The molecule has 0 fully saturated rings. The van der Waals surface area contributed by atoms with Crippen LogP contribution in [0.5, 0.6) is 0 Å². The number of nitrogens with zero attached hydrogens (tertiary/aromatic N) is 1. The molecule has 23 heavy (non-hydrogen) atoms. The maximum Gasteiger partial charge on any atom is 0.249 e. The molecular weight excluding hydrogens is 311 g/mol. The van der Waals surface area contributed by atoms with Crippen LogP contribution in [0.4, 0.5) is 10.1 Å². The fraction of sp³-hybridized carbons (Fsp3) is 0.278. The second-order valence-corrected chi connectivity index (χ2v) is 6.67. The smallest absolute Gasteiger partial charge is 0.249 e. The van der Waals surface area contributed by atoms with Crippen molar-refractivity contribution in [2.45, 2.75) is 17.7 Å². The number of primary amides is 1. The van der Waals surface area contributed by atoms with Gasteiger partial charge in [0.25, 0.3) is 0 Å². The van der Waals surface area contributed by atoms with Crippen LogP contribution in [-0.2, 0) is 6.42 Å². The van der Waals surface area contributed by atoms with Crippen molar-refractivity contribution in [2.24, 2.45) is 5.73 Å². The number of carbonyl (C=O) groups is 1. The molecule has 5 heteroatoms. The molecule has 0 saturated heterocycles. The van der Waals surface area contributed by atoms with Gasteiger partial charge in [-0.1, -0.05) is 18.2 Å². The van der Waals surface area contributed by atoms with E-state index in [0.29, 0.717) is 10.5 Å². The molecule has 1 aliphatic heterocycles. The average molecular weight is 330 g/mol. The summed E-state index contributed by atoms with van der Waals surface area (Å²) in [5.41, 5.74) is 8.22. The van der Waals surface area contributed by atoms with Gasteiger partial charge in [0.1, 0.15) is 5.82 Å².